The van der Waals surface area contributed by atoms with Crippen LogP contribution in [0.3, 0.4) is 0 Å². The number of hydrogen-bond acceptors (Lipinski definition) is 8. The predicted molar refractivity (Wildman–Crippen MR) is 123 cm³/mol. The third kappa shape index (κ3) is 7.36. The number of aromatic amines is 1. The Hall–Kier alpha value is -3.31. The molecule has 0 aliphatic carbocycles. The average Bonchev–Trinajstić information content (AvgIpc) is 2.78. The van der Waals surface area contributed by atoms with E-state index >= 15 is 0 Å². The second-order valence-corrected chi connectivity index (χ2v) is 7.38. The summed E-state index contributed by atoms with van der Waals surface area (Å²) in [6, 6.07) is 6.44. The van der Waals surface area contributed by atoms with Crippen LogP contribution in [0.4, 0.5) is 11.5 Å². The number of rotatable bonds is 12. The zero-order chi connectivity index (χ0) is 24.4. The molecule has 0 bridgehead atoms. The van der Waals surface area contributed by atoms with Gasteiger partial charge < -0.3 is 19.9 Å². The molecule has 1 aromatic carbocycles. The lowest BCUT2D eigenvalue weighted by atomic mass is 10.3. The van der Waals surface area contributed by atoms with Gasteiger partial charge in [0.1, 0.15) is 11.6 Å². The number of hydrogen-bond donors (Lipinski definition) is 2. The van der Waals surface area contributed by atoms with E-state index in [1.165, 1.54) is 17.7 Å². The Morgan fingerprint density at radius 2 is 2.00 bits per heavy atom. The molecule has 1 heterocycles. The highest BCUT2D eigenvalue weighted by molar-refractivity contribution is 6.30. The molecule has 0 unspecified atom stereocenters. The monoisotopic (exact) mass is 482 g/mol. The number of carbonyl (C=O) groups excluding carboxylic acids is 2. The smallest absolute Gasteiger partial charge is 0.344 e. The Morgan fingerprint density at radius 1 is 1.24 bits per heavy atom. The molecule has 0 saturated carbocycles. The summed E-state index contributed by atoms with van der Waals surface area (Å²) in [4.78, 5) is 52.7. The molecule has 12 heteroatoms. The quantitative estimate of drug-likeness (QED) is 0.429. The first-order valence-corrected chi connectivity index (χ1v) is 10.6. The molecule has 0 aliphatic rings. The van der Waals surface area contributed by atoms with Crippen molar-refractivity contribution >= 4 is 35.0 Å². The molecule has 1 aromatic heterocycles. The number of unbranched alkanes of at least 4 members (excludes halogenated alkanes) is 1. The lowest BCUT2D eigenvalue weighted by Gasteiger charge is -2.24. The molecule has 2 aromatic rings. The van der Waals surface area contributed by atoms with Gasteiger partial charge in [0.05, 0.1) is 6.61 Å². The molecule has 1 amide bonds. The number of esters is 1. The van der Waals surface area contributed by atoms with Gasteiger partial charge in [-0.2, -0.15) is 0 Å². The third-order valence-corrected chi connectivity index (χ3v) is 4.78. The third-order valence-electron chi connectivity index (χ3n) is 4.55. The highest BCUT2D eigenvalue weighted by atomic mass is 35.5. The Balaban J connectivity index is 2.14. The number of benzene rings is 1. The number of carbonyl (C=O) groups is 2. The fourth-order valence-electron chi connectivity index (χ4n) is 2.88. The Kier molecular flexibility index (Phi) is 9.95. The van der Waals surface area contributed by atoms with E-state index in [-0.39, 0.29) is 31.2 Å². The number of methoxy groups -OCH3 is 1. The number of nitrogens with two attached hydrogens (primary N) is 1. The number of aromatic nitrogens is 2. The highest BCUT2D eigenvalue weighted by Gasteiger charge is 2.25. The molecule has 0 aliphatic heterocycles. The van der Waals surface area contributed by atoms with Gasteiger partial charge in [0.2, 0.25) is 0 Å². The summed E-state index contributed by atoms with van der Waals surface area (Å²) in [5, 5.41) is 0.438. The van der Waals surface area contributed by atoms with E-state index in [0.717, 1.165) is 11.3 Å². The number of nitrogens with one attached hydrogen (secondary N) is 1. The van der Waals surface area contributed by atoms with Crippen molar-refractivity contribution in [3.05, 3.63) is 50.1 Å². The van der Waals surface area contributed by atoms with Crippen molar-refractivity contribution in [3.63, 3.8) is 0 Å². The second-order valence-electron chi connectivity index (χ2n) is 6.94. The molecule has 0 radical (unpaired) electrons. The van der Waals surface area contributed by atoms with Gasteiger partial charge in [-0.05, 0) is 24.6 Å². The first kappa shape index (κ1) is 25.9. The lowest BCUT2D eigenvalue weighted by molar-refractivity contribution is -0.149. The number of halogens is 1. The molecule has 0 saturated heterocycles. The van der Waals surface area contributed by atoms with Crippen LogP contribution in [0.2, 0.25) is 5.02 Å². The molecule has 33 heavy (non-hydrogen) atoms. The maximum atomic E-state index is 12.8. The van der Waals surface area contributed by atoms with Gasteiger partial charge in [0, 0.05) is 25.2 Å². The fraction of sp³-hybridized carbons (Fsp3) is 0.429. The molecule has 11 nitrogen and oxygen atoms in total. The van der Waals surface area contributed by atoms with Crippen molar-refractivity contribution in [2.45, 2.75) is 26.3 Å². The number of ether oxygens (including phenoxy) is 3. The molecular weight excluding hydrogens is 456 g/mol. The van der Waals surface area contributed by atoms with E-state index in [1.807, 2.05) is 6.92 Å². The van der Waals surface area contributed by atoms with Crippen molar-refractivity contribution in [1.82, 2.24) is 9.55 Å². The summed E-state index contributed by atoms with van der Waals surface area (Å²) < 4.78 is 16.5. The maximum absolute atomic E-state index is 12.8. The minimum absolute atomic E-state index is 0.0504. The van der Waals surface area contributed by atoms with Gasteiger partial charge in [-0.3, -0.25) is 24.0 Å². The van der Waals surface area contributed by atoms with Crippen molar-refractivity contribution in [3.8, 4) is 5.75 Å². The first-order chi connectivity index (χ1) is 15.8. The van der Waals surface area contributed by atoms with Crippen molar-refractivity contribution < 1.29 is 23.8 Å². The Labute approximate surface area is 195 Å². The lowest BCUT2D eigenvalue weighted by Crippen LogP contribution is -2.44. The van der Waals surface area contributed by atoms with Crippen molar-refractivity contribution in [1.29, 1.82) is 0 Å². The van der Waals surface area contributed by atoms with Crippen LogP contribution in [-0.2, 0) is 25.6 Å². The first-order valence-electron chi connectivity index (χ1n) is 10.2. The zero-order valence-electron chi connectivity index (χ0n) is 18.5. The van der Waals surface area contributed by atoms with Gasteiger partial charge >= 0.3 is 11.7 Å². The second kappa shape index (κ2) is 12.7. The number of H-pyrrole nitrogens is 1. The molecule has 180 valence electrons. The summed E-state index contributed by atoms with van der Waals surface area (Å²) in [5.74, 6) is -1.32. The summed E-state index contributed by atoms with van der Waals surface area (Å²) in [7, 11) is 1.42. The van der Waals surface area contributed by atoms with E-state index in [0.29, 0.717) is 17.2 Å². The van der Waals surface area contributed by atoms with Crippen LogP contribution >= 0.6 is 11.6 Å². The van der Waals surface area contributed by atoms with Crippen LogP contribution in [0.1, 0.15) is 19.8 Å². The fourth-order valence-corrected chi connectivity index (χ4v) is 3.06. The van der Waals surface area contributed by atoms with Gasteiger partial charge in [0.15, 0.2) is 18.9 Å². The number of nitrogen functional groups attached to an aromatic ring is 1. The molecule has 0 atom stereocenters. The topological polar surface area (TPSA) is 146 Å². The van der Waals surface area contributed by atoms with Gasteiger partial charge in [-0.15, -0.1) is 0 Å². The number of amides is 1. The summed E-state index contributed by atoms with van der Waals surface area (Å²) >= 11 is 5.86. The summed E-state index contributed by atoms with van der Waals surface area (Å²) in [6.07, 6.45) is 1.44. The van der Waals surface area contributed by atoms with Crippen LogP contribution in [0, 0.1) is 0 Å². The van der Waals surface area contributed by atoms with Crippen molar-refractivity contribution in [2.24, 2.45) is 0 Å². The molecular formula is C21H27ClN4O7. The van der Waals surface area contributed by atoms with E-state index in [9.17, 15) is 19.2 Å². The van der Waals surface area contributed by atoms with Crippen LogP contribution in [0.5, 0.6) is 5.75 Å². The largest absolute Gasteiger partial charge is 0.482 e. The molecule has 3 N–H and O–H groups in total. The van der Waals surface area contributed by atoms with Gasteiger partial charge in [0.25, 0.3) is 11.5 Å². The molecule has 0 spiro atoms. The van der Waals surface area contributed by atoms with E-state index in [4.69, 9.17) is 31.5 Å². The summed E-state index contributed by atoms with van der Waals surface area (Å²) in [6.45, 7) is 1.11. The van der Waals surface area contributed by atoms with Crippen LogP contribution in [0.15, 0.2) is 33.9 Å². The van der Waals surface area contributed by atoms with E-state index in [2.05, 4.69) is 4.98 Å². The summed E-state index contributed by atoms with van der Waals surface area (Å²) in [5.41, 5.74) is 4.38. The van der Waals surface area contributed by atoms with Crippen LogP contribution < -0.4 is 26.6 Å². The van der Waals surface area contributed by atoms with Crippen LogP contribution in [-0.4, -0.2) is 54.9 Å². The van der Waals surface area contributed by atoms with Crippen molar-refractivity contribution in [2.75, 3.05) is 44.1 Å². The molecule has 2 rings (SSSR count). The predicted octanol–water partition coefficient (Wildman–Crippen LogP) is 1.17. The highest BCUT2D eigenvalue weighted by Crippen LogP contribution is 2.18. The Morgan fingerprint density at radius 3 is 2.67 bits per heavy atom. The zero-order valence-corrected chi connectivity index (χ0v) is 19.2. The normalized spacial score (nSPS) is 10.6. The SMILES string of the molecule is CCCCn1c(N)c(N(CCOC)C(=O)COC(=O)COc2cccc(Cl)c2)c(=O)[nH]c1=O. The number of nitrogens with zero attached hydrogens (tertiary/aromatic N) is 2. The average molecular weight is 483 g/mol. The minimum atomic E-state index is -0.828. The Bertz CT molecular complexity index is 1080. The van der Waals surface area contributed by atoms with Gasteiger partial charge in [-0.1, -0.05) is 31.0 Å². The minimum Gasteiger partial charge on any atom is -0.482 e. The molecule has 0 fully saturated rings. The standard InChI is InChI=1S/C21H27ClN4O7/c1-3-4-8-26-19(23)18(20(29)24-21(26)30)25(9-10-31-2)16(27)12-33-17(28)13-32-15-7-5-6-14(22)11-15/h5-7,11H,3-4,8-10,12-13,23H2,1-2H3,(H,24,29,30). The van der Waals surface area contributed by atoms with Crippen LogP contribution in [0.25, 0.3) is 0 Å². The maximum Gasteiger partial charge on any atom is 0.344 e. The van der Waals surface area contributed by atoms with E-state index < -0.39 is 36.3 Å². The van der Waals surface area contributed by atoms with E-state index in [1.54, 1.807) is 18.2 Å². The number of anilines is 2. The van der Waals surface area contributed by atoms with Gasteiger partial charge in [-0.25, -0.2) is 9.59 Å².